The van der Waals surface area contributed by atoms with Gasteiger partial charge in [-0.1, -0.05) is 98.0 Å². The summed E-state index contributed by atoms with van der Waals surface area (Å²) in [5.41, 5.74) is 2.44. The molecule has 0 spiro atoms. The van der Waals surface area contributed by atoms with E-state index in [-0.39, 0.29) is 5.82 Å². The van der Waals surface area contributed by atoms with Gasteiger partial charge in [0.1, 0.15) is 11.6 Å². The van der Waals surface area contributed by atoms with E-state index >= 15 is 0 Å². The number of hydrogen-bond acceptors (Lipinski definition) is 2. The van der Waals surface area contributed by atoms with E-state index in [9.17, 15) is 4.39 Å². The first-order chi connectivity index (χ1) is 16.0. The first-order valence-electron chi connectivity index (χ1n) is 13.4. The lowest BCUT2D eigenvalue weighted by atomic mass is 9.94. The summed E-state index contributed by atoms with van der Waals surface area (Å²) < 4.78 is 20.5. The Morgan fingerprint density at radius 1 is 0.848 bits per heavy atom. The van der Waals surface area contributed by atoms with Gasteiger partial charge in [0.25, 0.3) is 0 Å². The van der Waals surface area contributed by atoms with Gasteiger partial charge in [0.2, 0.25) is 0 Å². The molecule has 1 aromatic heterocycles. The van der Waals surface area contributed by atoms with E-state index in [2.05, 4.69) is 38.7 Å². The van der Waals surface area contributed by atoms with Crippen molar-refractivity contribution in [3.05, 3.63) is 47.9 Å². The van der Waals surface area contributed by atoms with Gasteiger partial charge >= 0.3 is 0 Å². The van der Waals surface area contributed by atoms with E-state index in [1.54, 1.807) is 6.07 Å². The van der Waals surface area contributed by atoms with Crippen LogP contribution in [0.5, 0.6) is 5.75 Å². The molecule has 0 amide bonds. The largest absolute Gasteiger partial charge is 0.493 e. The lowest BCUT2D eigenvalue weighted by Crippen LogP contribution is -2.02. The minimum Gasteiger partial charge on any atom is -0.493 e. The van der Waals surface area contributed by atoms with Gasteiger partial charge in [-0.2, -0.15) is 0 Å². The van der Waals surface area contributed by atoms with Crippen molar-refractivity contribution in [2.75, 3.05) is 6.61 Å². The summed E-state index contributed by atoms with van der Waals surface area (Å²) in [6.45, 7) is 9.76. The summed E-state index contributed by atoms with van der Waals surface area (Å²) in [6.07, 6.45) is 16.9. The van der Waals surface area contributed by atoms with Crippen molar-refractivity contribution in [1.29, 1.82) is 0 Å². The predicted molar refractivity (Wildman–Crippen MR) is 139 cm³/mol. The monoisotopic (exact) mass is 455 g/mol. The highest BCUT2D eigenvalue weighted by molar-refractivity contribution is 5.61. The molecule has 2 aromatic rings. The third-order valence-corrected chi connectivity index (χ3v) is 6.37. The quantitative estimate of drug-likeness (QED) is 0.222. The van der Waals surface area contributed by atoms with Crippen LogP contribution in [0.25, 0.3) is 11.3 Å². The molecule has 1 heterocycles. The van der Waals surface area contributed by atoms with E-state index in [4.69, 9.17) is 4.74 Å². The van der Waals surface area contributed by atoms with Crippen LogP contribution < -0.4 is 4.74 Å². The van der Waals surface area contributed by atoms with Gasteiger partial charge in [-0.3, -0.25) is 4.98 Å². The Kier molecular flexibility index (Phi) is 13.1. The highest BCUT2D eigenvalue weighted by Crippen LogP contribution is 2.26. The van der Waals surface area contributed by atoms with Crippen LogP contribution in [0.2, 0.25) is 0 Å². The van der Waals surface area contributed by atoms with E-state index < -0.39 is 0 Å². The van der Waals surface area contributed by atoms with Gasteiger partial charge in [0, 0.05) is 17.8 Å². The SMILES string of the molecule is CCCCCCCCCCOc1ccc(-c2ccc(CC(C)CCCC(C)C)cn2)c(F)c1. The third kappa shape index (κ3) is 11.2. The van der Waals surface area contributed by atoms with Crippen molar-refractivity contribution < 1.29 is 9.13 Å². The van der Waals surface area contributed by atoms with Gasteiger partial charge in [-0.05, 0) is 48.4 Å². The minimum atomic E-state index is -0.272. The van der Waals surface area contributed by atoms with E-state index in [1.807, 2.05) is 18.3 Å². The fourth-order valence-corrected chi connectivity index (χ4v) is 4.30. The highest BCUT2D eigenvalue weighted by atomic mass is 19.1. The normalized spacial score (nSPS) is 12.3. The second kappa shape index (κ2) is 15.9. The number of benzene rings is 1. The van der Waals surface area contributed by atoms with Gasteiger partial charge < -0.3 is 4.74 Å². The maximum Gasteiger partial charge on any atom is 0.136 e. The molecular weight excluding hydrogens is 409 g/mol. The molecule has 0 saturated carbocycles. The molecule has 0 aliphatic carbocycles. The number of hydrogen-bond donors (Lipinski definition) is 0. The summed E-state index contributed by atoms with van der Waals surface area (Å²) in [6, 6.07) is 9.17. The van der Waals surface area contributed by atoms with Gasteiger partial charge in [0.15, 0.2) is 0 Å². The molecule has 184 valence electrons. The molecule has 1 aromatic carbocycles. The van der Waals surface area contributed by atoms with Crippen LogP contribution in [0.4, 0.5) is 4.39 Å². The second-order valence-electron chi connectivity index (χ2n) is 10.2. The maximum absolute atomic E-state index is 14.7. The molecular formula is C30H46FNO. The summed E-state index contributed by atoms with van der Waals surface area (Å²) in [5.74, 6) is 1.75. The summed E-state index contributed by atoms with van der Waals surface area (Å²) in [7, 11) is 0. The van der Waals surface area contributed by atoms with Crippen molar-refractivity contribution >= 4 is 0 Å². The maximum atomic E-state index is 14.7. The molecule has 3 heteroatoms. The smallest absolute Gasteiger partial charge is 0.136 e. The Labute approximate surface area is 202 Å². The third-order valence-electron chi connectivity index (χ3n) is 6.37. The summed E-state index contributed by atoms with van der Waals surface area (Å²) in [4.78, 5) is 4.54. The standard InChI is InChI=1S/C30H46FNO/c1-5-6-7-8-9-10-11-12-20-33-27-17-18-28(29(31)22-27)30-19-16-26(23-32-30)21-25(4)15-13-14-24(2)3/h16-19,22-25H,5-15,20-21H2,1-4H3. The molecule has 0 N–H and O–H groups in total. The zero-order chi connectivity index (χ0) is 23.9. The number of unbranched alkanes of at least 4 members (excludes halogenated alkanes) is 7. The van der Waals surface area contributed by atoms with Gasteiger partial charge in [-0.25, -0.2) is 4.39 Å². The zero-order valence-corrected chi connectivity index (χ0v) is 21.5. The minimum absolute atomic E-state index is 0.272. The molecule has 2 rings (SSSR count). The molecule has 0 fully saturated rings. The molecule has 1 atom stereocenters. The summed E-state index contributed by atoms with van der Waals surface area (Å²) >= 11 is 0. The van der Waals surface area contributed by atoms with Crippen LogP contribution in [-0.4, -0.2) is 11.6 Å². The Hall–Kier alpha value is -1.90. The molecule has 1 unspecified atom stereocenters. The Morgan fingerprint density at radius 3 is 2.21 bits per heavy atom. The number of halogens is 1. The number of ether oxygens (including phenoxy) is 1. The highest BCUT2D eigenvalue weighted by Gasteiger charge is 2.10. The van der Waals surface area contributed by atoms with Gasteiger partial charge in [-0.15, -0.1) is 0 Å². The van der Waals surface area contributed by atoms with Crippen molar-refractivity contribution in [3.8, 4) is 17.0 Å². The number of aromatic nitrogens is 1. The zero-order valence-electron chi connectivity index (χ0n) is 21.5. The van der Waals surface area contributed by atoms with E-state index in [0.717, 1.165) is 18.8 Å². The Bertz CT molecular complexity index is 771. The molecule has 0 aliphatic rings. The molecule has 0 radical (unpaired) electrons. The van der Waals surface area contributed by atoms with Crippen LogP contribution in [0.1, 0.15) is 104 Å². The fraction of sp³-hybridized carbons (Fsp3) is 0.633. The van der Waals surface area contributed by atoms with Crippen LogP contribution in [0.3, 0.4) is 0 Å². The Balaban J connectivity index is 1.75. The average Bonchev–Trinajstić information content (AvgIpc) is 2.78. The van der Waals surface area contributed by atoms with Crippen molar-refractivity contribution in [2.45, 2.75) is 105 Å². The average molecular weight is 456 g/mol. The number of rotatable bonds is 17. The number of nitrogens with zero attached hydrogens (tertiary/aromatic N) is 1. The molecule has 0 bridgehead atoms. The number of pyridine rings is 1. The van der Waals surface area contributed by atoms with Crippen LogP contribution in [0, 0.1) is 17.7 Å². The molecule has 2 nitrogen and oxygen atoms in total. The second-order valence-corrected chi connectivity index (χ2v) is 10.2. The predicted octanol–water partition coefficient (Wildman–Crippen LogP) is 9.41. The fourth-order valence-electron chi connectivity index (χ4n) is 4.30. The van der Waals surface area contributed by atoms with Crippen molar-refractivity contribution in [3.63, 3.8) is 0 Å². The first kappa shape index (κ1) is 27.3. The van der Waals surface area contributed by atoms with E-state index in [0.29, 0.717) is 29.5 Å². The van der Waals surface area contributed by atoms with Crippen LogP contribution in [0.15, 0.2) is 36.5 Å². The Morgan fingerprint density at radius 2 is 1.58 bits per heavy atom. The lowest BCUT2D eigenvalue weighted by molar-refractivity contribution is 0.303. The first-order valence-corrected chi connectivity index (χ1v) is 13.4. The van der Waals surface area contributed by atoms with Crippen LogP contribution in [-0.2, 0) is 6.42 Å². The topological polar surface area (TPSA) is 22.1 Å². The molecule has 0 saturated heterocycles. The molecule has 0 aliphatic heterocycles. The van der Waals surface area contributed by atoms with Gasteiger partial charge in [0.05, 0.1) is 12.3 Å². The summed E-state index contributed by atoms with van der Waals surface area (Å²) in [5, 5.41) is 0. The van der Waals surface area contributed by atoms with E-state index in [1.165, 1.54) is 75.8 Å². The van der Waals surface area contributed by atoms with Crippen molar-refractivity contribution in [1.82, 2.24) is 4.98 Å². The van der Waals surface area contributed by atoms with Crippen LogP contribution >= 0.6 is 0 Å². The van der Waals surface area contributed by atoms with Crippen molar-refractivity contribution in [2.24, 2.45) is 11.8 Å². The molecule has 33 heavy (non-hydrogen) atoms. The lowest BCUT2D eigenvalue weighted by Gasteiger charge is -2.13.